The number of aryl methyl sites for hydroxylation is 1. The quantitative estimate of drug-likeness (QED) is 0.820. The van der Waals surface area contributed by atoms with Crippen LogP contribution in [0.4, 0.5) is 0 Å². The Morgan fingerprint density at radius 2 is 2.35 bits per heavy atom. The van der Waals surface area contributed by atoms with Gasteiger partial charge in [0.2, 0.25) is 0 Å². The fraction of sp³-hybridized carbons (Fsp3) is 0.833. The van der Waals surface area contributed by atoms with E-state index in [2.05, 4.69) is 34.1 Å². The Bertz CT molecular complexity index is 388. The molecule has 0 amide bonds. The summed E-state index contributed by atoms with van der Waals surface area (Å²) in [6.45, 7) is 9.90. The molecule has 0 aliphatic carbocycles. The molecule has 5 nitrogen and oxygen atoms in total. The maximum Gasteiger partial charge on any atom is 0.141 e. The van der Waals surface area contributed by atoms with Crippen molar-refractivity contribution in [3.63, 3.8) is 0 Å². The largest absolute Gasteiger partial charge is 0.316 e. The first-order chi connectivity index (χ1) is 8.29. The van der Waals surface area contributed by atoms with Crippen LogP contribution in [0.25, 0.3) is 0 Å². The van der Waals surface area contributed by atoms with Crippen LogP contribution in [-0.2, 0) is 13.1 Å². The number of nitrogens with zero attached hydrogens (tertiary/aromatic N) is 4. The summed E-state index contributed by atoms with van der Waals surface area (Å²) in [5, 5.41) is 7.74. The predicted octanol–water partition coefficient (Wildman–Crippen LogP) is 0.338. The first-order valence-corrected chi connectivity index (χ1v) is 6.61. The fourth-order valence-corrected chi connectivity index (χ4v) is 3.32. The Morgan fingerprint density at radius 1 is 1.47 bits per heavy atom. The second-order valence-corrected chi connectivity index (χ2v) is 5.24. The van der Waals surface area contributed by atoms with Crippen LogP contribution in [0.1, 0.15) is 19.7 Å². The average Bonchev–Trinajstić information content (AvgIpc) is 2.99. The lowest BCUT2D eigenvalue weighted by Crippen LogP contribution is -2.33. The van der Waals surface area contributed by atoms with Gasteiger partial charge in [-0.25, -0.2) is 9.67 Å². The third-order valence-electron chi connectivity index (χ3n) is 4.40. The molecule has 2 aliphatic heterocycles. The lowest BCUT2D eigenvalue weighted by atomic mass is 9.95. The molecule has 0 bridgehead atoms. The van der Waals surface area contributed by atoms with Gasteiger partial charge >= 0.3 is 0 Å². The van der Waals surface area contributed by atoms with E-state index in [0.717, 1.165) is 30.7 Å². The summed E-state index contributed by atoms with van der Waals surface area (Å²) in [5.74, 6) is 2.77. The Hall–Kier alpha value is -0.940. The zero-order valence-corrected chi connectivity index (χ0v) is 10.6. The maximum atomic E-state index is 4.37. The van der Waals surface area contributed by atoms with E-state index in [-0.39, 0.29) is 0 Å². The van der Waals surface area contributed by atoms with Gasteiger partial charge in [0.05, 0.1) is 6.54 Å². The van der Waals surface area contributed by atoms with E-state index in [4.69, 9.17) is 0 Å². The normalized spacial score (nSPS) is 33.2. The van der Waals surface area contributed by atoms with Gasteiger partial charge in [0.15, 0.2) is 0 Å². The molecule has 0 saturated carbocycles. The highest BCUT2D eigenvalue weighted by molar-refractivity contribution is 4.98. The van der Waals surface area contributed by atoms with Gasteiger partial charge in [-0.2, -0.15) is 5.10 Å². The van der Waals surface area contributed by atoms with Crippen LogP contribution in [-0.4, -0.2) is 45.3 Å². The van der Waals surface area contributed by atoms with Gasteiger partial charge in [0.25, 0.3) is 0 Å². The topological polar surface area (TPSA) is 46.0 Å². The van der Waals surface area contributed by atoms with Gasteiger partial charge in [-0.15, -0.1) is 0 Å². The summed E-state index contributed by atoms with van der Waals surface area (Å²) in [6.07, 6.45) is 1.67. The van der Waals surface area contributed by atoms with E-state index in [1.807, 2.05) is 4.68 Å². The first-order valence-electron chi connectivity index (χ1n) is 6.61. The van der Waals surface area contributed by atoms with Crippen LogP contribution >= 0.6 is 0 Å². The molecular weight excluding hydrogens is 214 g/mol. The number of nitrogens with one attached hydrogen (secondary N) is 1. The lowest BCUT2D eigenvalue weighted by molar-refractivity contribution is 0.222. The lowest BCUT2D eigenvalue weighted by Gasteiger charge is -2.23. The van der Waals surface area contributed by atoms with Crippen LogP contribution in [0.3, 0.4) is 0 Å². The molecule has 3 rings (SSSR count). The molecule has 2 fully saturated rings. The smallest absolute Gasteiger partial charge is 0.141 e. The van der Waals surface area contributed by atoms with Crippen molar-refractivity contribution in [3.05, 3.63) is 12.2 Å². The Labute approximate surface area is 102 Å². The van der Waals surface area contributed by atoms with E-state index in [9.17, 15) is 0 Å². The van der Waals surface area contributed by atoms with E-state index < -0.39 is 0 Å². The standard InChI is InChI=1S/C12H21N5/c1-3-17-12(14-8-15-17)7-16-6-10-4-13-5-11(10)9(16)2/h8-11,13H,3-7H2,1-2H3. The van der Waals surface area contributed by atoms with Crippen molar-refractivity contribution in [3.8, 4) is 0 Å². The molecule has 1 N–H and O–H groups in total. The summed E-state index contributed by atoms with van der Waals surface area (Å²) >= 11 is 0. The molecule has 2 saturated heterocycles. The molecule has 0 radical (unpaired) electrons. The number of hydrogen-bond donors (Lipinski definition) is 1. The van der Waals surface area contributed by atoms with Gasteiger partial charge in [-0.05, 0) is 38.8 Å². The van der Waals surface area contributed by atoms with Gasteiger partial charge < -0.3 is 5.32 Å². The van der Waals surface area contributed by atoms with Crippen LogP contribution in [0.15, 0.2) is 6.33 Å². The summed E-state index contributed by atoms with van der Waals surface area (Å²) in [7, 11) is 0. The van der Waals surface area contributed by atoms with Crippen molar-refractivity contribution in [1.29, 1.82) is 0 Å². The molecule has 1 aromatic rings. The molecule has 5 heteroatoms. The summed E-state index contributed by atoms with van der Waals surface area (Å²) in [5.41, 5.74) is 0. The van der Waals surface area contributed by atoms with E-state index in [1.165, 1.54) is 19.6 Å². The van der Waals surface area contributed by atoms with Crippen molar-refractivity contribution in [2.45, 2.75) is 33.0 Å². The minimum Gasteiger partial charge on any atom is -0.316 e. The zero-order valence-electron chi connectivity index (χ0n) is 10.6. The van der Waals surface area contributed by atoms with Crippen molar-refractivity contribution in [2.24, 2.45) is 11.8 Å². The van der Waals surface area contributed by atoms with Crippen LogP contribution in [0, 0.1) is 11.8 Å². The van der Waals surface area contributed by atoms with Crippen molar-refractivity contribution in [1.82, 2.24) is 25.0 Å². The number of rotatable bonds is 3. The molecule has 2 aliphatic rings. The molecule has 3 unspecified atom stereocenters. The summed E-state index contributed by atoms with van der Waals surface area (Å²) in [6, 6.07) is 0.664. The fourth-order valence-electron chi connectivity index (χ4n) is 3.32. The number of fused-ring (bicyclic) bond motifs is 1. The Morgan fingerprint density at radius 3 is 3.12 bits per heavy atom. The van der Waals surface area contributed by atoms with Crippen molar-refractivity contribution >= 4 is 0 Å². The van der Waals surface area contributed by atoms with E-state index in [0.29, 0.717) is 6.04 Å². The number of aromatic nitrogens is 3. The third kappa shape index (κ3) is 1.87. The molecule has 3 heterocycles. The highest BCUT2D eigenvalue weighted by Gasteiger charge is 2.41. The zero-order chi connectivity index (χ0) is 11.8. The first kappa shape index (κ1) is 11.2. The van der Waals surface area contributed by atoms with Gasteiger partial charge in [0, 0.05) is 19.1 Å². The maximum absolute atomic E-state index is 4.37. The summed E-state index contributed by atoms with van der Waals surface area (Å²) < 4.78 is 2.00. The third-order valence-corrected chi connectivity index (χ3v) is 4.40. The highest BCUT2D eigenvalue weighted by atomic mass is 15.4. The Balaban J connectivity index is 1.70. The van der Waals surface area contributed by atoms with Gasteiger partial charge in [0.1, 0.15) is 12.2 Å². The number of hydrogen-bond acceptors (Lipinski definition) is 4. The minimum atomic E-state index is 0.664. The number of likely N-dealkylation sites (tertiary alicyclic amines) is 1. The van der Waals surface area contributed by atoms with Crippen LogP contribution < -0.4 is 5.32 Å². The molecule has 0 aromatic carbocycles. The minimum absolute atomic E-state index is 0.664. The second kappa shape index (κ2) is 4.38. The SMILES string of the molecule is CCn1ncnc1CN1CC2CNCC2C1C. The summed E-state index contributed by atoms with van der Waals surface area (Å²) in [4.78, 5) is 6.94. The molecule has 94 valence electrons. The van der Waals surface area contributed by atoms with E-state index in [1.54, 1.807) is 6.33 Å². The molecule has 1 aromatic heterocycles. The molecule has 0 spiro atoms. The molecule has 3 atom stereocenters. The van der Waals surface area contributed by atoms with E-state index >= 15 is 0 Å². The second-order valence-electron chi connectivity index (χ2n) is 5.24. The van der Waals surface area contributed by atoms with Crippen LogP contribution in [0.5, 0.6) is 0 Å². The molecular formula is C12H21N5. The monoisotopic (exact) mass is 235 g/mol. The van der Waals surface area contributed by atoms with Gasteiger partial charge in [-0.1, -0.05) is 0 Å². The average molecular weight is 235 g/mol. The molecule has 17 heavy (non-hydrogen) atoms. The van der Waals surface area contributed by atoms with Gasteiger partial charge in [-0.3, -0.25) is 4.90 Å². The Kier molecular flexibility index (Phi) is 2.88. The highest BCUT2D eigenvalue weighted by Crippen LogP contribution is 2.32. The predicted molar refractivity (Wildman–Crippen MR) is 65.4 cm³/mol. The van der Waals surface area contributed by atoms with Crippen molar-refractivity contribution in [2.75, 3.05) is 19.6 Å². The van der Waals surface area contributed by atoms with Crippen molar-refractivity contribution < 1.29 is 0 Å². The van der Waals surface area contributed by atoms with Crippen LogP contribution in [0.2, 0.25) is 0 Å².